The SMILES string of the molecule is CC(C)CC(CBr)Cc1ccc2c(c1)CCC2. The summed E-state index contributed by atoms with van der Waals surface area (Å²) in [6, 6.07) is 7.16. The molecule has 1 atom stereocenters. The van der Waals surface area contributed by atoms with E-state index in [-0.39, 0.29) is 0 Å². The highest BCUT2D eigenvalue weighted by atomic mass is 79.9. The molecule has 0 aromatic heterocycles. The van der Waals surface area contributed by atoms with Crippen LogP contribution in [0.1, 0.15) is 43.4 Å². The van der Waals surface area contributed by atoms with Gasteiger partial charge in [-0.25, -0.2) is 0 Å². The quantitative estimate of drug-likeness (QED) is 0.686. The van der Waals surface area contributed by atoms with E-state index in [1.807, 2.05) is 0 Å². The van der Waals surface area contributed by atoms with Crippen molar-refractivity contribution >= 4 is 15.9 Å². The third-order valence-corrected chi connectivity index (χ3v) is 4.63. The Morgan fingerprint density at radius 2 is 1.94 bits per heavy atom. The smallest absolute Gasteiger partial charge is 0.00629 e. The summed E-state index contributed by atoms with van der Waals surface area (Å²) in [4.78, 5) is 0. The first-order valence-electron chi connectivity index (χ1n) is 6.85. The minimum Gasteiger partial charge on any atom is -0.0925 e. The van der Waals surface area contributed by atoms with Crippen molar-refractivity contribution in [2.45, 2.75) is 46.0 Å². The molecule has 0 nitrogen and oxygen atoms in total. The highest BCUT2D eigenvalue weighted by molar-refractivity contribution is 9.09. The summed E-state index contributed by atoms with van der Waals surface area (Å²) in [7, 11) is 0. The lowest BCUT2D eigenvalue weighted by molar-refractivity contribution is 0.445. The predicted molar refractivity (Wildman–Crippen MR) is 78.9 cm³/mol. The predicted octanol–water partition coefficient (Wildman–Crippen LogP) is 4.78. The van der Waals surface area contributed by atoms with Crippen molar-refractivity contribution in [3.8, 4) is 0 Å². The Labute approximate surface area is 114 Å². The van der Waals surface area contributed by atoms with Gasteiger partial charge in [-0.3, -0.25) is 0 Å². The van der Waals surface area contributed by atoms with E-state index in [4.69, 9.17) is 0 Å². The lowest BCUT2D eigenvalue weighted by Crippen LogP contribution is -2.09. The molecule has 0 saturated heterocycles. The maximum atomic E-state index is 3.66. The molecule has 0 N–H and O–H groups in total. The van der Waals surface area contributed by atoms with Gasteiger partial charge in [0.1, 0.15) is 0 Å². The molecule has 94 valence electrons. The van der Waals surface area contributed by atoms with Crippen LogP contribution in [0.3, 0.4) is 0 Å². The first-order chi connectivity index (χ1) is 8.19. The number of hydrogen-bond acceptors (Lipinski definition) is 0. The summed E-state index contributed by atoms with van der Waals surface area (Å²) < 4.78 is 0. The number of aryl methyl sites for hydroxylation is 2. The minimum atomic E-state index is 0.787. The molecule has 0 bridgehead atoms. The van der Waals surface area contributed by atoms with Gasteiger partial charge < -0.3 is 0 Å². The molecule has 1 heteroatoms. The minimum absolute atomic E-state index is 0.787. The van der Waals surface area contributed by atoms with Crippen molar-refractivity contribution in [3.63, 3.8) is 0 Å². The van der Waals surface area contributed by atoms with Gasteiger partial charge in [0.2, 0.25) is 0 Å². The molecule has 1 aliphatic carbocycles. The molecule has 0 aliphatic heterocycles. The van der Waals surface area contributed by atoms with E-state index in [1.165, 1.54) is 37.7 Å². The molecule has 1 aliphatic rings. The summed E-state index contributed by atoms with van der Waals surface area (Å²) in [6.45, 7) is 4.64. The van der Waals surface area contributed by atoms with Gasteiger partial charge in [-0.2, -0.15) is 0 Å². The Morgan fingerprint density at radius 3 is 2.65 bits per heavy atom. The molecular weight excluding hydrogens is 272 g/mol. The van der Waals surface area contributed by atoms with Crippen molar-refractivity contribution in [2.75, 3.05) is 5.33 Å². The van der Waals surface area contributed by atoms with Gasteiger partial charge in [-0.1, -0.05) is 48.0 Å². The summed E-state index contributed by atoms with van der Waals surface area (Å²) in [6.07, 6.45) is 6.50. The number of benzene rings is 1. The molecule has 1 aromatic rings. The molecule has 0 heterocycles. The first-order valence-corrected chi connectivity index (χ1v) is 7.98. The highest BCUT2D eigenvalue weighted by Crippen LogP contribution is 2.25. The molecule has 0 amide bonds. The van der Waals surface area contributed by atoms with E-state index in [0.717, 1.165) is 17.2 Å². The average molecular weight is 295 g/mol. The van der Waals surface area contributed by atoms with Crippen LogP contribution in [-0.2, 0) is 19.3 Å². The highest BCUT2D eigenvalue weighted by Gasteiger charge is 2.14. The number of hydrogen-bond donors (Lipinski definition) is 0. The molecule has 17 heavy (non-hydrogen) atoms. The second-order valence-corrected chi connectivity index (χ2v) is 6.46. The molecule has 2 rings (SSSR count). The number of fused-ring (bicyclic) bond motifs is 1. The van der Waals surface area contributed by atoms with Crippen LogP contribution in [0.5, 0.6) is 0 Å². The lowest BCUT2D eigenvalue weighted by Gasteiger charge is -2.17. The van der Waals surface area contributed by atoms with Gasteiger partial charge >= 0.3 is 0 Å². The Balaban J connectivity index is 2.02. The van der Waals surface area contributed by atoms with Gasteiger partial charge in [0.15, 0.2) is 0 Å². The second-order valence-electron chi connectivity index (χ2n) is 5.81. The normalized spacial score (nSPS) is 16.2. The fourth-order valence-corrected chi connectivity index (χ4v) is 3.45. The van der Waals surface area contributed by atoms with Crippen LogP contribution >= 0.6 is 15.9 Å². The fraction of sp³-hybridized carbons (Fsp3) is 0.625. The van der Waals surface area contributed by atoms with Crippen LogP contribution in [0.15, 0.2) is 18.2 Å². The van der Waals surface area contributed by atoms with Crippen molar-refractivity contribution < 1.29 is 0 Å². The monoisotopic (exact) mass is 294 g/mol. The zero-order valence-corrected chi connectivity index (χ0v) is 12.6. The van der Waals surface area contributed by atoms with Crippen molar-refractivity contribution in [1.82, 2.24) is 0 Å². The van der Waals surface area contributed by atoms with Crippen molar-refractivity contribution in [3.05, 3.63) is 34.9 Å². The number of halogens is 1. The van der Waals surface area contributed by atoms with Crippen LogP contribution in [0, 0.1) is 11.8 Å². The van der Waals surface area contributed by atoms with E-state index in [9.17, 15) is 0 Å². The van der Waals surface area contributed by atoms with Gasteiger partial charge in [-0.05, 0) is 60.6 Å². The van der Waals surface area contributed by atoms with E-state index >= 15 is 0 Å². The molecule has 0 fully saturated rings. The molecule has 1 unspecified atom stereocenters. The lowest BCUT2D eigenvalue weighted by atomic mass is 9.91. The maximum absolute atomic E-state index is 3.66. The van der Waals surface area contributed by atoms with Gasteiger partial charge in [0.05, 0.1) is 0 Å². The van der Waals surface area contributed by atoms with Crippen LogP contribution < -0.4 is 0 Å². The van der Waals surface area contributed by atoms with Crippen molar-refractivity contribution in [2.24, 2.45) is 11.8 Å². The molecule has 1 aromatic carbocycles. The van der Waals surface area contributed by atoms with Gasteiger partial charge in [-0.15, -0.1) is 0 Å². The second kappa shape index (κ2) is 6.04. The molecular formula is C16H23Br. The summed E-state index contributed by atoms with van der Waals surface area (Å²) in [5.41, 5.74) is 4.74. The van der Waals surface area contributed by atoms with E-state index < -0.39 is 0 Å². The Morgan fingerprint density at radius 1 is 1.18 bits per heavy atom. The topological polar surface area (TPSA) is 0 Å². The largest absolute Gasteiger partial charge is 0.0925 e. The molecule has 0 spiro atoms. The third-order valence-electron chi connectivity index (χ3n) is 3.71. The number of rotatable bonds is 5. The first kappa shape index (κ1) is 13.1. The van der Waals surface area contributed by atoms with Crippen LogP contribution in [-0.4, -0.2) is 5.33 Å². The van der Waals surface area contributed by atoms with Crippen LogP contribution in [0.4, 0.5) is 0 Å². The summed E-state index contributed by atoms with van der Waals surface area (Å²) in [5, 5.41) is 1.13. The number of alkyl halides is 1. The van der Waals surface area contributed by atoms with E-state index in [0.29, 0.717) is 0 Å². The van der Waals surface area contributed by atoms with Crippen LogP contribution in [0.2, 0.25) is 0 Å². The average Bonchev–Trinajstić information content (AvgIpc) is 2.74. The Hall–Kier alpha value is -0.300. The fourth-order valence-electron chi connectivity index (χ4n) is 2.95. The zero-order chi connectivity index (χ0) is 12.3. The Kier molecular flexibility index (Phi) is 4.67. The van der Waals surface area contributed by atoms with E-state index in [2.05, 4.69) is 48.0 Å². The Bertz CT molecular complexity index is 368. The summed E-state index contributed by atoms with van der Waals surface area (Å²) >= 11 is 3.66. The maximum Gasteiger partial charge on any atom is 0.00629 e. The van der Waals surface area contributed by atoms with Gasteiger partial charge in [0, 0.05) is 5.33 Å². The van der Waals surface area contributed by atoms with Crippen molar-refractivity contribution in [1.29, 1.82) is 0 Å². The van der Waals surface area contributed by atoms with Crippen LogP contribution in [0.25, 0.3) is 0 Å². The van der Waals surface area contributed by atoms with Gasteiger partial charge in [0.25, 0.3) is 0 Å². The third kappa shape index (κ3) is 3.58. The molecule has 0 saturated carbocycles. The standard InChI is InChI=1S/C16H23Br/c1-12(2)8-14(11-17)9-13-6-7-15-4-3-5-16(15)10-13/h6-7,10,12,14H,3-5,8-9,11H2,1-2H3. The summed E-state index contributed by atoms with van der Waals surface area (Å²) in [5.74, 6) is 1.58. The molecule has 0 radical (unpaired) electrons. The zero-order valence-electron chi connectivity index (χ0n) is 11.0. The van der Waals surface area contributed by atoms with E-state index in [1.54, 1.807) is 11.1 Å².